The molecule has 2 heterocycles. The number of rotatable bonds is 5. The molecule has 4 nitrogen and oxygen atoms in total. The van der Waals surface area contributed by atoms with Crippen molar-refractivity contribution in [3.63, 3.8) is 0 Å². The minimum absolute atomic E-state index is 0.765. The van der Waals surface area contributed by atoms with Gasteiger partial charge in [-0.2, -0.15) is 0 Å². The molecule has 0 unspecified atom stereocenters. The average molecular weight is 244 g/mol. The molecule has 0 atom stereocenters. The van der Waals surface area contributed by atoms with Crippen molar-refractivity contribution in [1.29, 1.82) is 5.41 Å². The van der Waals surface area contributed by atoms with E-state index in [1.807, 2.05) is 0 Å². The van der Waals surface area contributed by atoms with Crippen LogP contribution in [0.3, 0.4) is 0 Å². The average Bonchev–Trinajstić information content (AvgIpc) is 2.39. The van der Waals surface area contributed by atoms with Crippen LogP contribution < -0.4 is 11.1 Å². The Balaban J connectivity index is 1.90. The summed E-state index contributed by atoms with van der Waals surface area (Å²) in [5.74, 6) is 1.06. The zero-order valence-electron chi connectivity index (χ0n) is 10.6. The molecule has 0 aromatic carbocycles. The molecular weight excluding hydrogens is 224 g/mol. The summed E-state index contributed by atoms with van der Waals surface area (Å²) in [4.78, 5) is 4.64. The van der Waals surface area contributed by atoms with Gasteiger partial charge >= 0.3 is 0 Å². The fourth-order valence-corrected chi connectivity index (χ4v) is 2.17. The molecule has 0 radical (unpaired) electrons. The molecule has 4 N–H and O–H groups in total. The first kappa shape index (κ1) is 12.6. The van der Waals surface area contributed by atoms with Gasteiger partial charge in [-0.3, -0.25) is 0 Å². The van der Waals surface area contributed by atoms with Gasteiger partial charge in [0.25, 0.3) is 0 Å². The lowest BCUT2D eigenvalue weighted by molar-refractivity contribution is 0.771. The van der Waals surface area contributed by atoms with Gasteiger partial charge in [0.1, 0.15) is 5.82 Å². The van der Waals surface area contributed by atoms with E-state index in [-0.39, 0.29) is 0 Å². The van der Waals surface area contributed by atoms with E-state index in [1.165, 1.54) is 18.2 Å². The van der Waals surface area contributed by atoms with Crippen molar-refractivity contribution in [3.8, 4) is 0 Å². The van der Waals surface area contributed by atoms with Gasteiger partial charge in [-0.25, -0.2) is 4.98 Å². The van der Waals surface area contributed by atoms with Crippen LogP contribution in [-0.2, 0) is 12.8 Å². The van der Waals surface area contributed by atoms with E-state index < -0.39 is 0 Å². The van der Waals surface area contributed by atoms with Gasteiger partial charge in [-0.05, 0) is 49.8 Å². The van der Waals surface area contributed by atoms with Crippen LogP contribution in [0.1, 0.15) is 30.5 Å². The van der Waals surface area contributed by atoms with Crippen LogP contribution in [0.15, 0.2) is 23.9 Å². The van der Waals surface area contributed by atoms with Gasteiger partial charge in [0.15, 0.2) is 0 Å². The fraction of sp³-hybridized carbons (Fsp3) is 0.429. The van der Waals surface area contributed by atoms with Crippen LogP contribution in [0.5, 0.6) is 0 Å². The third kappa shape index (κ3) is 3.32. The largest absolute Gasteiger partial charge is 0.402 e. The van der Waals surface area contributed by atoms with Gasteiger partial charge in [0.05, 0.1) is 0 Å². The van der Waals surface area contributed by atoms with Crippen molar-refractivity contribution in [1.82, 2.24) is 4.98 Å². The Hall–Kier alpha value is -1.84. The molecule has 96 valence electrons. The lowest BCUT2D eigenvalue weighted by atomic mass is 10.1. The smallest absolute Gasteiger partial charge is 0.129 e. The molecule has 1 aliphatic rings. The molecule has 1 aromatic rings. The maximum atomic E-state index is 6.93. The first-order chi connectivity index (χ1) is 8.79. The number of allylic oxidation sites excluding steroid dienone is 2. The minimum Gasteiger partial charge on any atom is -0.402 e. The third-order valence-electron chi connectivity index (χ3n) is 3.15. The SMILES string of the molecule is N=CC=C(N)CCCc1ccc2c(n1)NCCC2. The summed E-state index contributed by atoms with van der Waals surface area (Å²) in [6.07, 6.45) is 7.92. The number of nitrogens with zero attached hydrogens (tertiary/aromatic N) is 1. The first-order valence-corrected chi connectivity index (χ1v) is 6.47. The van der Waals surface area contributed by atoms with Crippen molar-refractivity contribution >= 4 is 12.0 Å². The number of pyridine rings is 1. The molecule has 2 rings (SSSR count). The summed E-state index contributed by atoms with van der Waals surface area (Å²) in [5.41, 5.74) is 8.94. The number of hydrogen-bond donors (Lipinski definition) is 3. The van der Waals surface area contributed by atoms with Gasteiger partial charge in [-0.1, -0.05) is 6.07 Å². The Morgan fingerprint density at radius 2 is 2.39 bits per heavy atom. The quantitative estimate of drug-likeness (QED) is 0.695. The van der Waals surface area contributed by atoms with Crippen LogP contribution in [0.2, 0.25) is 0 Å². The molecule has 1 aliphatic heterocycles. The minimum atomic E-state index is 0.765. The third-order valence-corrected chi connectivity index (χ3v) is 3.15. The van der Waals surface area contributed by atoms with E-state index >= 15 is 0 Å². The second-order valence-electron chi connectivity index (χ2n) is 4.60. The fourth-order valence-electron chi connectivity index (χ4n) is 2.17. The standard InChI is InChI=1S/C14H20N4/c15-9-8-12(16)4-1-5-13-7-6-11-3-2-10-17-14(11)18-13/h6-9,15H,1-5,10,16H2,(H,17,18). The highest BCUT2D eigenvalue weighted by Crippen LogP contribution is 2.20. The van der Waals surface area contributed by atoms with Gasteiger partial charge in [0.2, 0.25) is 0 Å². The number of anilines is 1. The van der Waals surface area contributed by atoms with E-state index in [2.05, 4.69) is 22.4 Å². The molecule has 18 heavy (non-hydrogen) atoms. The molecule has 0 saturated heterocycles. The van der Waals surface area contributed by atoms with Gasteiger partial charge < -0.3 is 16.5 Å². The number of hydrogen-bond acceptors (Lipinski definition) is 4. The first-order valence-electron chi connectivity index (χ1n) is 6.47. The monoisotopic (exact) mass is 244 g/mol. The second-order valence-corrected chi connectivity index (χ2v) is 4.60. The van der Waals surface area contributed by atoms with Crippen LogP contribution in [0.4, 0.5) is 5.82 Å². The number of nitrogens with one attached hydrogen (secondary N) is 2. The molecule has 0 saturated carbocycles. The highest BCUT2D eigenvalue weighted by molar-refractivity contribution is 5.68. The maximum absolute atomic E-state index is 6.93. The van der Waals surface area contributed by atoms with E-state index in [1.54, 1.807) is 6.08 Å². The molecule has 0 fully saturated rings. The lowest BCUT2D eigenvalue weighted by Crippen LogP contribution is -2.14. The number of fused-ring (bicyclic) bond motifs is 1. The summed E-state index contributed by atoms with van der Waals surface area (Å²) in [7, 11) is 0. The normalized spacial score (nSPS) is 14.8. The van der Waals surface area contributed by atoms with E-state index in [0.717, 1.165) is 49.4 Å². The Morgan fingerprint density at radius 1 is 1.50 bits per heavy atom. The van der Waals surface area contributed by atoms with Gasteiger partial charge in [0, 0.05) is 24.2 Å². The predicted octanol–water partition coefficient (Wildman–Crippen LogP) is 2.25. The molecule has 4 heteroatoms. The van der Waals surface area contributed by atoms with Crippen LogP contribution in [0.25, 0.3) is 0 Å². The second kappa shape index (κ2) is 6.19. The van der Waals surface area contributed by atoms with Crippen molar-refractivity contribution in [2.45, 2.75) is 32.1 Å². The topological polar surface area (TPSA) is 74.8 Å². The van der Waals surface area contributed by atoms with Crippen molar-refractivity contribution < 1.29 is 0 Å². The van der Waals surface area contributed by atoms with Crippen LogP contribution in [0, 0.1) is 5.41 Å². The molecular formula is C14H20N4. The highest BCUT2D eigenvalue weighted by Gasteiger charge is 2.09. The Kier molecular flexibility index (Phi) is 4.34. The molecule has 0 bridgehead atoms. The summed E-state index contributed by atoms with van der Waals surface area (Å²) in [6.45, 7) is 1.03. The zero-order valence-corrected chi connectivity index (χ0v) is 10.6. The van der Waals surface area contributed by atoms with E-state index in [0.29, 0.717) is 0 Å². The number of nitrogens with two attached hydrogens (primary N) is 1. The van der Waals surface area contributed by atoms with Crippen LogP contribution >= 0.6 is 0 Å². The predicted molar refractivity (Wildman–Crippen MR) is 75.0 cm³/mol. The molecule has 0 amide bonds. The summed E-state index contributed by atoms with van der Waals surface area (Å²) in [5, 5.41) is 10.3. The number of aromatic nitrogens is 1. The van der Waals surface area contributed by atoms with E-state index in [9.17, 15) is 0 Å². The Morgan fingerprint density at radius 3 is 3.22 bits per heavy atom. The zero-order chi connectivity index (χ0) is 12.8. The summed E-state index contributed by atoms with van der Waals surface area (Å²) < 4.78 is 0. The van der Waals surface area contributed by atoms with Gasteiger partial charge in [-0.15, -0.1) is 0 Å². The maximum Gasteiger partial charge on any atom is 0.129 e. The molecule has 0 aliphatic carbocycles. The Labute approximate surface area is 108 Å². The Bertz CT molecular complexity index is 451. The van der Waals surface area contributed by atoms with Crippen LogP contribution in [-0.4, -0.2) is 17.7 Å². The summed E-state index contributed by atoms with van der Waals surface area (Å²) >= 11 is 0. The lowest BCUT2D eigenvalue weighted by Gasteiger charge is -2.17. The van der Waals surface area contributed by atoms with Crippen molar-refractivity contribution in [2.75, 3.05) is 11.9 Å². The van der Waals surface area contributed by atoms with E-state index in [4.69, 9.17) is 11.1 Å². The van der Waals surface area contributed by atoms with Crippen molar-refractivity contribution in [2.24, 2.45) is 5.73 Å². The highest BCUT2D eigenvalue weighted by atomic mass is 15.0. The van der Waals surface area contributed by atoms with Crippen molar-refractivity contribution in [3.05, 3.63) is 35.2 Å². The summed E-state index contributed by atoms with van der Waals surface area (Å²) in [6, 6.07) is 4.29. The molecule has 1 aromatic heterocycles. The number of aryl methyl sites for hydroxylation is 2. The molecule has 0 spiro atoms.